The molecule has 0 radical (unpaired) electrons. The summed E-state index contributed by atoms with van der Waals surface area (Å²) in [6.07, 6.45) is 4.45. The van der Waals surface area contributed by atoms with Crippen LogP contribution in [0.2, 0.25) is 0 Å². The van der Waals surface area contributed by atoms with Crippen LogP contribution in [-0.4, -0.2) is 56.2 Å². The van der Waals surface area contributed by atoms with Gasteiger partial charge >= 0.3 is 0 Å². The molecule has 4 heterocycles. The van der Waals surface area contributed by atoms with Crippen LogP contribution < -0.4 is 5.32 Å². The molecule has 0 spiro atoms. The van der Waals surface area contributed by atoms with Crippen molar-refractivity contribution in [1.82, 2.24) is 29.5 Å². The maximum Gasteiger partial charge on any atom is 0.248 e. The molecule has 1 saturated carbocycles. The lowest BCUT2D eigenvalue weighted by atomic mass is 9.79. The number of sulfone groups is 1. The first-order valence-corrected chi connectivity index (χ1v) is 16.3. The summed E-state index contributed by atoms with van der Waals surface area (Å²) in [5.41, 5.74) is 4.90. The second-order valence-electron chi connectivity index (χ2n) is 11.9. The topological polar surface area (TPSA) is 108 Å². The highest BCUT2D eigenvalue weighted by molar-refractivity contribution is 7.91. The predicted octanol–water partition coefficient (Wildman–Crippen LogP) is 6.33. The molecule has 1 fully saturated rings. The fraction of sp³-hybridized carbons (Fsp3) is 0.419. The van der Waals surface area contributed by atoms with Crippen molar-refractivity contribution >= 4 is 37.6 Å². The van der Waals surface area contributed by atoms with Gasteiger partial charge in [0.05, 0.1) is 45.6 Å². The molecule has 1 aliphatic carbocycles. The summed E-state index contributed by atoms with van der Waals surface area (Å²) < 4.78 is 59.3. The third kappa shape index (κ3) is 5.26. The number of alkyl halides is 2. The standard InChI is InChI=1S/C31H35F2N7O2S/c1-18(2)36-30-25-26-23(15-22(16-34-26)27-19(3)37-38-39(27)4)40(29(25)24(17-35-30)43(5,41)42)28(20-9-7-6-8-10-20)21-11-13-31(32,33)14-12-21/h6-10,15-18,21,28H,11-14H2,1-5H3,(H,35,36). The second kappa shape index (κ2) is 10.7. The summed E-state index contributed by atoms with van der Waals surface area (Å²) >= 11 is 0. The highest BCUT2D eigenvalue weighted by atomic mass is 32.2. The Kier molecular flexibility index (Phi) is 7.22. The maximum atomic E-state index is 14.4. The van der Waals surface area contributed by atoms with E-state index in [0.29, 0.717) is 40.6 Å². The summed E-state index contributed by atoms with van der Waals surface area (Å²) in [6, 6.07) is 11.3. The average Bonchev–Trinajstić information content (AvgIpc) is 3.46. The summed E-state index contributed by atoms with van der Waals surface area (Å²) in [4.78, 5) is 9.56. The summed E-state index contributed by atoms with van der Waals surface area (Å²) in [5, 5.41) is 12.3. The van der Waals surface area contributed by atoms with E-state index in [-0.39, 0.29) is 29.7 Å². The van der Waals surface area contributed by atoms with Gasteiger partial charge in [0.15, 0.2) is 9.84 Å². The number of fused-ring (bicyclic) bond motifs is 3. The molecule has 0 bridgehead atoms. The van der Waals surface area contributed by atoms with Crippen molar-refractivity contribution in [2.45, 2.75) is 69.4 Å². The first-order valence-electron chi connectivity index (χ1n) is 14.4. The van der Waals surface area contributed by atoms with Crippen molar-refractivity contribution in [2.24, 2.45) is 13.0 Å². The lowest BCUT2D eigenvalue weighted by Crippen LogP contribution is -2.30. The van der Waals surface area contributed by atoms with E-state index in [4.69, 9.17) is 4.98 Å². The average molecular weight is 608 g/mol. The number of aryl methyl sites for hydroxylation is 2. The Bertz CT molecular complexity index is 1900. The Morgan fingerprint density at radius 3 is 2.37 bits per heavy atom. The quantitative estimate of drug-likeness (QED) is 0.230. The van der Waals surface area contributed by atoms with E-state index in [1.807, 2.05) is 61.7 Å². The fourth-order valence-corrected chi connectivity index (χ4v) is 7.28. The van der Waals surface area contributed by atoms with Crippen LogP contribution >= 0.6 is 0 Å². The number of hydrogen-bond donors (Lipinski definition) is 1. The molecule has 0 amide bonds. The molecule has 9 nitrogen and oxygen atoms in total. The number of nitrogens with one attached hydrogen (secondary N) is 1. The van der Waals surface area contributed by atoms with Crippen LogP contribution in [0, 0.1) is 12.8 Å². The normalized spacial score (nSPS) is 16.7. The fourth-order valence-electron chi connectivity index (χ4n) is 6.49. The highest BCUT2D eigenvalue weighted by Gasteiger charge is 2.40. The minimum Gasteiger partial charge on any atom is -0.367 e. The molecule has 1 N–H and O–H groups in total. The van der Waals surface area contributed by atoms with Gasteiger partial charge in [-0.25, -0.2) is 26.9 Å². The van der Waals surface area contributed by atoms with Crippen LogP contribution in [0.3, 0.4) is 0 Å². The number of aromatic nitrogens is 6. The Morgan fingerprint density at radius 1 is 1.07 bits per heavy atom. The molecule has 1 atom stereocenters. The first-order chi connectivity index (χ1) is 20.4. The maximum absolute atomic E-state index is 14.4. The van der Waals surface area contributed by atoms with Gasteiger partial charge in [0.1, 0.15) is 10.7 Å². The van der Waals surface area contributed by atoms with E-state index in [0.717, 1.165) is 22.5 Å². The van der Waals surface area contributed by atoms with Crippen molar-refractivity contribution < 1.29 is 17.2 Å². The van der Waals surface area contributed by atoms with Crippen LogP contribution in [-0.2, 0) is 16.9 Å². The number of rotatable bonds is 7. The number of anilines is 1. The van der Waals surface area contributed by atoms with Crippen molar-refractivity contribution in [3.63, 3.8) is 0 Å². The number of pyridine rings is 2. The molecule has 43 heavy (non-hydrogen) atoms. The van der Waals surface area contributed by atoms with Crippen molar-refractivity contribution in [1.29, 1.82) is 0 Å². The van der Waals surface area contributed by atoms with Gasteiger partial charge in [-0.2, -0.15) is 0 Å². The summed E-state index contributed by atoms with van der Waals surface area (Å²) in [7, 11) is -1.95. The molecule has 1 aliphatic rings. The van der Waals surface area contributed by atoms with Crippen molar-refractivity contribution in [2.75, 3.05) is 11.6 Å². The largest absolute Gasteiger partial charge is 0.367 e. The molecular weight excluding hydrogens is 572 g/mol. The Labute approximate surface area is 249 Å². The van der Waals surface area contributed by atoms with E-state index in [9.17, 15) is 17.2 Å². The lowest BCUT2D eigenvalue weighted by Gasteiger charge is -2.36. The third-order valence-corrected chi connectivity index (χ3v) is 9.44. The molecule has 1 unspecified atom stereocenters. The van der Waals surface area contributed by atoms with Crippen LogP contribution in [0.15, 0.2) is 53.7 Å². The molecule has 4 aromatic heterocycles. The van der Waals surface area contributed by atoms with Gasteiger partial charge in [0.2, 0.25) is 5.92 Å². The zero-order valence-electron chi connectivity index (χ0n) is 24.8. The van der Waals surface area contributed by atoms with Gasteiger partial charge < -0.3 is 9.88 Å². The first kappa shape index (κ1) is 29.2. The van der Waals surface area contributed by atoms with Crippen LogP contribution in [0.5, 0.6) is 0 Å². The van der Waals surface area contributed by atoms with Crippen LogP contribution in [0.1, 0.15) is 56.8 Å². The van der Waals surface area contributed by atoms with Crippen LogP contribution in [0.4, 0.5) is 14.6 Å². The van der Waals surface area contributed by atoms with E-state index >= 15 is 0 Å². The van der Waals surface area contributed by atoms with E-state index in [2.05, 4.69) is 20.6 Å². The van der Waals surface area contributed by atoms with E-state index in [1.54, 1.807) is 17.9 Å². The Hall–Kier alpha value is -3.93. The zero-order chi connectivity index (χ0) is 30.7. The third-order valence-electron chi connectivity index (χ3n) is 8.34. The molecule has 0 saturated heterocycles. The summed E-state index contributed by atoms with van der Waals surface area (Å²) in [5.74, 6) is -2.37. The van der Waals surface area contributed by atoms with Gasteiger partial charge in [0, 0.05) is 43.9 Å². The van der Waals surface area contributed by atoms with Crippen LogP contribution in [0.25, 0.3) is 33.2 Å². The van der Waals surface area contributed by atoms with Crippen molar-refractivity contribution in [3.8, 4) is 11.3 Å². The second-order valence-corrected chi connectivity index (χ2v) is 13.9. The highest BCUT2D eigenvalue weighted by Crippen LogP contribution is 2.47. The zero-order valence-corrected chi connectivity index (χ0v) is 25.7. The minimum absolute atomic E-state index is 0.00567. The van der Waals surface area contributed by atoms with E-state index in [1.165, 1.54) is 12.5 Å². The number of benzene rings is 1. The lowest BCUT2D eigenvalue weighted by molar-refractivity contribution is -0.0493. The Balaban J connectivity index is 1.77. The van der Waals surface area contributed by atoms with Gasteiger partial charge in [-0.1, -0.05) is 35.5 Å². The Morgan fingerprint density at radius 2 is 1.77 bits per heavy atom. The van der Waals surface area contributed by atoms with Gasteiger partial charge in [-0.05, 0) is 51.2 Å². The minimum atomic E-state index is -3.76. The smallest absolute Gasteiger partial charge is 0.248 e. The molecule has 12 heteroatoms. The molecule has 0 aliphatic heterocycles. The molecular formula is C31H35F2N7O2S. The van der Waals surface area contributed by atoms with Gasteiger partial charge in [-0.3, -0.25) is 4.98 Å². The molecule has 6 rings (SSSR count). The molecule has 1 aromatic carbocycles. The van der Waals surface area contributed by atoms with Crippen molar-refractivity contribution in [3.05, 3.63) is 60.0 Å². The number of hydrogen-bond acceptors (Lipinski definition) is 7. The SMILES string of the molecule is Cc1nnn(C)c1-c1cnc2c3c(NC(C)C)ncc(S(C)(=O)=O)c3n(C(c3ccccc3)C3CCC(F)(F)CC3)c2c1. The molecule has 226 valence electrons. The number of nitrogens with zero attached hydrogens (tertiary/aromatic N) is 6. The molecule has 5 aromatic rings. The number of halogens is 2. The van der Waals surface area contributed by atoms with Gasteiger partial charge in [0.25, 0.3) is 0 Å². The van der Waals surface area contributed by atoms with E-state index < -0.39 is 21.8 Å². The monoisotopic (exact) mass is 607 g/mol. The predicted molar refractivity (Wildman–Crippen MR) is 163 cm³/mol. The van der Waals surface area contributed by atoms with Gasteiger partial charge in [-0.15, -0.1) is 5.10 Å². The summed E-state index contributed by atoms with van der Waals surface area (Å²) in [6.45, 7) is 5.83.